The van der Waals surface area contributed by atoms with Crippen LogP contribution in [0.1, 0.15) is 13.3 Å². The summed E-state index contributed by atoms with van der Waals surface area (Å²) in [5.74, 6) is 0.588. The number of carbonyl (C=O) groups is 1. The van der Waals surface area contributed by atoms with E-state index >= 15 is 0 Å². The second-order valence-electron chi connectivity index (χ2n) is 3.71. The lowest BCUT2D eigenvalue weighted by Gasteiger charge is -2.13. The molecular weight excluding hydrogens is 210 g/mol. The highest BCUT2D eigenvalue weighted by Crippen LogP contribution is 2.34. The predicted octanol–water partition coefficient (Wildman–Crippen LogP) is 1.69. The van der Waals surface area contributed by atoms with Gasteiger partial charge < -0.3 is 19.9 Å². The molecule has 2 rings (SSSR count). The molecule has 0 bridgehead atoms. The van der Waals surface area contributed by atoms with Crippen molar-refractivity contribution in [1.82, 2.24) is 0 Å². The van der Waals surface area contributed by atoms with Crippen LogP contribution >= 0.6 is 0 Å². The van der Waals surface area contributed by atoms with E-state index in [-0.39, 0.29) is 19.3 Å². The summed E-state index contributed by atoms with van der Waals surface area (Å²) in [6.45, 7) is 2.06. The summed E-state index contributed by atoms with van der Waals surface area (Å²) >= 11 is 0. The van der Waals surface area contributed by atoms with Gasteiger partial charge in [0, 0.05) is 17.8 Å². The van der Waals surface area contributed by atoms with E-state index in [1.54, 1.807) is 12.1 Å². The fourth-order valence-corrected chi connectivity index (χ4v) is 1.58. The number of carboxylic acid groups (broad SMARTS) is 1. The van der Waals surface area contributed by atoms with E-state index < -0.39 is 5.97 Å². The molecule has 2 N–H and O–H groups in total. The van der Waals surface area contributed by atoms with Gasteiger partial charge in [-0.1, -0.05) is 0 Å². The monoisotopic (exact) mass is 223 g/mol. The van der Waals surface area contributed by atoms with Crippen molar-refractivity contribution < 1.29 is 19.4 Å². The van der Waals surface area contributed by atoms with Crippen LogP contribution in [0, 0.1) is 0 Å². The number of anilines is 1. The van der Waals surface area contributed by atoms with Crippen LogP contribution in [-0.2, 0) is 4.79 Å². The number of hydrogen-bond donors (Lipinski definition) is 2. The number of fused-ring (bicyclic) bond motifs is 1. The van der Waals surface area contributed by atoms with Crippen molar-refractivity contribution in [2.75, 3.05) is 12.1 Å². The highest BCUT2D eigenvalue weighted by molar-refractivity contribution is 5.68. The van der Waals surface area contributed by atoms with Crippen LogP contribution in [0.4, 0.5) is 5.69 Å². The molecule has 5 nitrogen and oxygen atoms in total. The minimum atomic E-state index is -0.819. The van der Waals surface area contributed by atoms with Gasteiger partial charge in [0.2, 0.25) is 6.79 Å². The molecular formula is C11H13NO4. The molecule has 0 spiro atoms. The number of nitrogens with one attached hydrogen (secondary N) is 1. The van der Waals surface area contributed by atoms with Gasteiger partial charge in [0.25, 0.3) is 0 Å². The van der Waals surface area contributed by atoms with Gasteiger partial charge in [0.05, 0.1) is 6.42 Å². The fourth-order valence-electron chi connectivity index (χ4n) is 1.58. The maximum atomic E-state index is 10.5. The van der Waals surface area contributed by atoms with Gasteiger partial charge in [-0.25, -0.2) is 0 Å². The van der Waals surface area contributed by atoms with Crippen LogP contribution in [0.15, 0.2) is 18.2 Å². The van der Waals surface area contributed by atoms with Crippen molar-refractivity contribution >= 4 is 11.7 Å². The highest BCUT2D eigenvalue weighted by atomic mass is 16.7. The van der Waals surface area contributed by atoms with Crippen LogP contribution in [0.5, 0.6) is 11.5 Å². The van der Waals surface area contributed by atoms with Crippen molar-refractivity contribution in [3.63, 3.8) is 0 Å². The minimum absolute atomic E-state index is 0.0778. The van der Waals surface area contributed by atoms with Crippen LogP contribution < -0.4 is 14.8 Å². The number of rotatable bonds is 4. The second kappa shape index (κ2) is 4.30. The molecule has 1 unspecified atom stereocenters. The molecule has 0 aromatic heterocycles. The molecule has 86 valence electrons. The fraction of sp³-hybridized carbons (Fsp3) is 0.364. The minimum Gasteiger partial charge on any atom is -0.481 e. The summed E-state index contributed by atoms with van der Waals surface area (Å²) in [7, 11) is 0. The molecule has 1 aromatic rings. The number of aliphatic carboxylic acids is 1. The van der Waals surface area contributed by atoms with Crippen LogP contribution in [0.25, 0.3) is 0 Å². The molecule has 0 fully saturated rings. The maximum Gasteiger partial charge on any atom is 0.305 e. The van der Waals surface area contributed by atoms with Crippen LogP contribution in [0.2, 0.25) is 0 Å². The van der Waals surface area contributed by atoms with Crippen LogP contribution in [0.3, 0.4) is 0 Å². The van der Waals surface area contributed by atoms with Gasteiger partial charge in [-0.15, -0.1) is 0 Å². The van der Waals surface area contributed by atoms with Gasteiger partial charge >= 0.3 is 5.97 Å². The zero-order valence-corrected chi connectivity index (χ0v) is 8.90. The number of carboxylic acids is 1. The molecule has 5 heteroatoms. The van der Waals surface area contributed by atoms with E-state index in [0.717, 1.165) is 11.4 Å². The topological polar surface area (TPSA) is 67.8 Å². The third-order valence-electron chi connectivity index (χ3n) is 2.27. The second-order valence-corrected chi connectivity index (χ2v) is 3.71. The van der Waals surface area contributed by atoms with Crippen molar-refractivity contribution in [1.29, 1.82) is 0 Å². The van der Waals surface area contributed by atoms with E-state index in [1.807, 2.05) is 13.0 Å². The normalized spacial score (nSPS) is 14.6. The first-order chi connectivity index (χ1) is 7.65. The largest absolute Gasteiger partial charge is 0.481 e. The van der Waals surface area contributed by atoms with Gasteiger partial charge in [0.1, 0.15) is 0 Å². The lowest BCUT2D eigenvalue weighted by molar-refractivity contribution is -0.137. The standard InChI is InChI=1S/C11H13NO4/c1-7(4-11(13)14)12-8-2-3-9-10(5-8)16-6-15-9/h2-3,5,7,12H,4,6H2,1H3,(H,13,14). The van der Waals surface area contributed by atoms with Crippen LogP contribution in [-0.4, -0.2) is 23.9 Å². The van der Waals surface area contributed by atoms with Crippen molar-refractivity contribution in [3.8, 4) is 11.5 Å². The Bertz CT molecular complexity index is 405. The third kappa shape index (κ3) is 2.36. The Hall–Kier alpha value is -1.91. The Balaban J connectivity index is 2.02. The number of benzene rings is 1. The molecule has 0 radical (unpaired) electrons. The van der Waals surface area contributed by atoms with E-state index in [2.05, 4.69) is 5.32 Å². The van der Waals surface area contributed by atoms with Crippen molar-refractivity contribution in [2.45, 2.75) is 19.4 Å². The average molecular weight is 223 g/mol. The summed E-state index contributed by atoms with van der Waals surface area (Å²) in [5.41, 5.74) is 0.831. The van der Waals surface area contributed by atoms with Gasteiger partial charge in [-0.2, -0.15) is 0 Å². The molecule has 0 amide bonds. The Morgan fingerprint density at radius 2 is 2.25 bits per heavy atom. The molecule has 0 saturated carbocycles. The first-order valence-electron chi connectivity index (χ1n) is 5.03. The molecule has 1 aliphatic heterocycles. The Labute approximate surface area is 93.0 Å². The highest BCUT2D eigenvalue weighted by Gasteiger charge is 2.14. The summed E-state index contributed by atoms with van der Waals surface area (Å²) < 4.78 is 10.4. The maximum absolute atomic E-state index is 10.5. The third-order valence-corrected chi connectivity index (χ3v) is 2.27. The van der Waals surface area contributed by atoms with Gasteiger partial charge in [-0.05, 0) is 19.1 Å². The molecule has 1 aromatic carbocycles. The summed E-state index contributed by atoms with van der Waals surface area (Å²) in [5, 5.41) is 11.7. The van der Waals surface area contributed by atoms with E-state index in [4.69, 9.17) is 14.6 Å². The lowest BCUT2D eigenvalue weighted by atomic mass is 10.2. The SMILES string of the molecule is CC(CC(=O)O)Nc1ccc2c(c1)OCO2. The first kappa shape index (κ1) is 10.6. The van der Waals surface area contributed by atoms with Crippen molar-refractivity contribution in [2.24, 2.45) is 0 Å². The van der Waals surface area contributed by atoms with Crippen molar-refractivity contribution in [3.05, 3.63) is 18.2 Å². The summed E-state index contributed by atoms with van der Waals surface area (Å²) in [6, 6.07) is 5.32. The Morgan fingerprint density at radius 1 is 1.50 bits per heavy atom. The number of hydrogen-bond acceptors (Lipinski definition) is 4. The molecule has 1 heterocycles. The molecule has 0 saturated heterocycles. The van der Waals surface area contributed by atoms with E-state index in [0.29, 0.717) is 5.75 Å². The zero-order valence-electron chi connectivity index (χ0n) is 8.90. The molecule has 1 atom stereocenters. The Morgan fingerprint density at radius 3 is 3.00 bits per heavy atom. The lowest BCUT2D eigenvalue weighted by Crippen LogP contribution is -2.19. The van der Waals surface area contributed by atoms with Gasteiger partial charge in [0.15, 0.2) is 11.5 Å². The van der Waals surface area contributed by atoms with E-state index in [1.165, 1.54) is 0 Å². The van der Waals surface area contributed by atoms with Gasteiger partial charge in [-0.3, -0.25) is 4.79 Å². The van der Waals surface area contributed by atoms with E-state index in [9.17, 15) is 4.79 Å². The summed E-state index contributed by atoms with van der Waals surface area (Å²) in [6.07, 6.45) is 0.0778. The Kier molecular flexibility index (Phi) is 2.85. The first-order valence-corrected chi connectivity index (χ1v) is 5.03. The summed E-state index contributed by atoms with van der Waals surface area (Å²) in [4.78, 5) is 10.5. The molecule has 0 aliphatic carbocycles. The molecule has 16 heavy (non-hydrogen) atoms. The zero-order chi connectivity index (χ0) is 11.5. The smallest absolute Gasteiger partial charge is 0.305 e. The quantitative estimate of drug-likeness (QED) is 0.813. The number of ether oxygens (including phenoxy) is 2. The average Bonchev–Trinajstić information content (AvgIpc) is 2.63. The predicted molar refractivity (Wildman–Crippen MR) is 57.9 cm³/mol. The molecule has 1 aliphatic rings.